The summed E-state index contributed by atoms with van der Waals surface area (Å²) >= 11 is 12.1. The zero-order chi connectivity index (χ0) is 19.3. The van der Waals surface area contributed by atoms with E-state index in [1.54, 1.807) is 36.4 Å². The maximum absolute atomic E-state index is 12.3. The van der Waals surface area contributed by atoms with Crippen molar-refractivity contribution in [1.29, 1.82) is 0 Å². The minimum absolute atomic E-state index is 0.0132. The number of halogens is 2. The van der Waals surface area contributed by atoms with Crippen LogP contribution in [0, 0.1) is 6.92 Å². The molecule has 1 N–H and O–H groups in total. The van der Waals surface area contributed by atoms with E-state index in [0.29, 0.717) is 27.0 Å². The normalized spacial score (nSPS) is 11.6. The highest BCUT2D eigenvalue weighted by Crippen LogP contribution is 2.31. The number of amides is 1. The molecule has 0 fully saturated rings. The molecular weight excluding hydrogens is 377 g/mol. The van der Waals surface area contributed by atoms with E-state index in [1.165, 1.54) is 14.0 Å². The Bertz CT molecular complexity index is 823. The molecule has 0 saturated heterocycles. The summed E-state index contributed by atoms with van der Waals surface area (Å²) in [5.41, 5.74) is 1.88. The maximum Gasteiger partial charge on any atom is 0.311 e. The summed E-state index contributed by atoms with van der Waals surface area (Å²) in [5, 5.41) is 3.69. The second-order valence-corrected chi connectivity index (χ2v) is 6.51. The Labute approximate surface area is 162 Å². The number of rotatable bonds is 6. The molecule has 0 radical (unpaired) electrons. The third-order valence-corrected chi connectivity index (χ3v) is 4.48. The molecule has 2 aromatic carbocycles. The van der Waals surface area contributed by atoms with E-state index in [4.69, 9.17) is 32.7 Å². The van der Waals surface area contributed by atoms with E-state index in [2.05, 4.69) is 5.32 Å². The van der Waals surface area contributed by atoms with Crippen molar-refractivity contribution in [2.45, 2.75) is 26.4 Å². The number of benzene rings is 2. The highest BCUT2D eigenvalue weighted by atomic mass is 35.5. The monoisotopic (exact) mass is 395 g/mol. The van der Waals surface area contributed by atoms with Gasteiger partial charge in [-0.3, -0.25) is 9.59 Å². The van der Waals surface area contributed by atoms with Gasteiger partial charge in [0.1, 0.15) is 5.75 Å². The van der Waals surface area contributed by atoms with Gasteiger partial charge < -0.3 is 14.8 Å². The van der Waals surface area contributed by atoms with Crippen LogP contribution in [0.5, 0.6) is 5.75 Å². The van der Waals surface area contributed by atoms with Crippen molar-refractivity contribution in [2.24, 2.45) is 0 Å². The number of esters is 1. The van der Waals surface area contributed by atoms with Crippen molar-refractivity contribution >= 4 is 40.8 Å². The lowest BCUT2D eigenvalue weighted by Gasteiger charge is -2.16. The lowest BCUT2D eigenvalue weighted by atomic mass is 10.1. The Morgan fingerprint density at radius 2 is 1.85 bits per heavy atom. The van der Waals surface area contributed by atoms with Crippen LogP contribution >= 0.6 is 23.2 Å². The fourth-order valence-electron chi connectivity index (χ4n) is 2.25. The fraction of sp³-hybridized carbons (Fsp3) is 0.263. The van der Waals surface area contributed by atoms with Crippen molar-refractivity contribution in [2.75, 3.05) is 12.4 Å². The quantitative estimate of drug-likeness (QED) is 0.734. The zero-order valence-corrected chi connectivity index (χ0v) is 16.1. The van der Waals surface area contributed by atoms with Gasteiger partial charge in [-0.25, -0.2) is 0 Å². The number of carbonyl (C=O) groups is 2. The first-order chi connectivity index (χ1) is 12.3. The maximum atomic E-state index is 12.3. The Balaban J connectivity index is 2.00. The minimum atomic E-state index is -0.981. The highest BCUT2D eigenvalue weighted by molar-refractivity contribution is 6.32. The Morgan fingerprint density at radius 3 is 2.50 bits per heavy atom. The SMILES string of the molecule is COc1cc(Cl)c(C)cc1NC(=O)[C@H](C)OC(=O)Cc1ccccc1Cl. The van der Waals surface area contributed by atoms with E-state index in [9.17, 15) is 9.59 Å². The molecule has 2 aromatic rings. The lowest BCUT2D eigenvalue weighted by Crippen LogP contribution is -2.30. The van der Waals surface area contributed by atoms with Gasteiger partial charge in [0, 0.05) is 16.1 Å². The number of aryl methyl sites for hydroxylation is 1. The summed E-state index contributed by atoms with van der Waals surface area (Å²) in [6.07, 6.45) is -0.994. The molecule has 0 aromatic heterocycles. The number of hydrogen-bond acceptors (Lipinski definition) is 4. The van der Waals surface area contributed by atoms with Crippen molar-refractivity contribution in [3.63, 3.8) is 0 Å². The molecule has 0 bridgehead atoms. The van der Waals surface area contributed by atoms with Crippen molar-refractivity contribution in [3.8, 4) is 5.75 Å². The second-order valence-electron chi connectivity index (χ2n) is 5.69. The Hall–Kier alpha value is -2.24. The number of hydrogen-bond donors (Lipinski definition) is 1. The number of carbonyl (C=O) groups excluding carboxylic acids is 2. The van der Waals surface area contributed by atoms with Gasteiger partial charge in [0.15, 0.2) is 6.10 Å². The standard InChI is InChI=1S/C19H19Cl2NO4/c1-11-8-16(17(25-3)10-15(11)21)22-19(24)12(2)26-18(23)9-13-6-4-5-7-14(13)20/h4-8,10,12H,9H2,1-3H3,(H,22,24)/t12-/m0/s1. The van der Waals surface area contributed by atoms with Crippen LogP contribution in [-0.4, -0.2) is 25.1 Å². The number of ether oxygens (including phenoxy) is 2. The molecule has 7 heteroatoms. The molecule has 0 unspecified atom stereocenters. The largest absolute Gasteiger partial charge is 0.495 e. The van der Waals surface area contributed by atoms with Crippen molar-refractivity contribution in [1.82, 2.24) is 0 Å². The molecule has 5 nitrogen and oxygen atoms in total. The first-order valence-electron chi connectivity index (χ1n) is 7.89. The molecule has 1 atom stereocenters. The fourth-order valence-corrected chi connectivity index (χ4v) is 2.61. The van der Waals surface area contributed by atoms with Gasteiger partial charge in [0.05, 0.1) is 19.2 Å². The zero-order valence-electron chi connectivity index (χ0n) is 14.6. The molecule has 138 valence electrons. The van der Waals surface area contributed by atoms with Gasteiger partial charge in [-0.2, -0.15) is 0 Å². The predicted octanol–water partition coefficient (Wildman–Crippen LogP) is 4.42. The Kier molecular flexibility index (Phi) is 6.89. The van der Waals surface area contributed by atoms with E-state index in [0.717, 1.165) is 5.56 Å². The molecule has 0 spiro atoms. The molecule has 0 saturated carbocycles. The van der Waals surface area contributed by atoms with Gasteiger partial charge in [0.25, 0.3) is 5.91 Å². The van der Waals surface area contributed by atoms with Crippen LogP contribution in [0.25, 0.3) is 0 Å². The van der Waals surface area contributed by atoms with Crippen LogP contribution in [0.3, 0.4) is 0 Å². The predicted molar refractivity (Wildman–Crippen MR) is 102 cm³/mol. The summed E-state index contributed by atoms with van der Waals surface area (Å²) in [6, 6.07) is 10.3. The van der Waals surface area contributed by atoms with E-state index < -0.39 is 18.0 Å². The number of nitrogens with one attached hydrogen (secondary N) is 1. The van der Waals surface area contributed by atoms with Crippen LogP contribution in [-0.2, 0) is 20.7 Å². The number of anilines is 1. The topological polar surface area (TPSA) is 64.6 Å². The van der Waals surface area contributed by atoms with Gasteiger partial charge in [-0.15, -0.1) is 0 Å². The lowest BCUT2D eigenvalue weighted by molar-refractivity contribution is -0.152. The minimum Gasteiger partial charge on any atom is -0.495 e. The molecular formula is C19H19Cl2NO4. The van der Waals surface area contributed by atoms with Crippen LogP contribution in [0.4, 0.5) is 5.69 Å². The molecule has 0 aliphatic rings. The Morgan fingerprint density at radius 1 is 1.15 bits per heavy atom. The summed E-state index contributed by atoms with van der Waals surface area (Å²) in [7, 11) is 1.48. The average Bonchev–Trinajstić information content (AvgIpc) is 2.59. The highest BCUT2D eigenvalue weighted by Gasteiger charge is 2.20. The molecule has 26 heavy (non-hydrogen) atoms. The van der Waals surface area contributed by atoms with Crippen LogP contribution < -0.4 is 10.1 Å². The first-order valence-corrected chi connectivity index (χ1v) is 8.65. The molecule has 0 heterocycles. The van der Waals surface area contributed by atoms with Crippen LogP contribution in [0.1, 0.15) is 18.1 Å². The van der Waals surface area contributed by atoms with E-state index >= 15 is 0 Å². The van der Waals surface area contributed by atoms with Crippen LogP contribution in [0.15, 0.2) is 36.4 Å². The van der Waals surface area contributed by atoms with Gasteiger partial charge in [-0.05, 0) is 37.1 Å². The third-order valence-electron chi connectivity index (χ3n) is 3.71. The third kappa shape index (κ3) is 5.13. The molecule has 0 aliphatic heterocycles. The van der Waals surface area contributed by atoms with Crippen molar-refractivity contribution in [3.05, 3.63) is 57.6 Å². The van der Waals surface area contributed by atoms with E-state index in [-0.39, 0.29) is 6.42 Å². The second kappa shape index (κ2) is 8.92. The van der Waals surface area contributed by atoms with Gasteiger partial charge >= 0.3 is 5.97 Å². The summed E-state index contributed by atoms with van der Waals surface area (Å²) < 4.78 is 10.4. The molecule has 2 rings (SSSR count). The number of methoxy groups -OCH3 is 1. The first kappa shape index (κ1) is 20.1. The van der Waals surface area contributed by atoms with Crippen molar-refractivity contribution < 1.29 is 19.1 Å². The summed E-state index contributed by atoms with van der Waals surface area (Å²) in [4.78, 5) is 24.4. The average molecular weight is 396 g/mol. The summed E-state index contributed by atoms with van der Waals surface area (Å²) in [5.74, 6) is -0.596. The smallest absolute Gasteiger partial charge is 0.311 e. The molecule has 1 amide bonds. The molecule has 0 aliphatic carbocycles. The van der Waals surface area contributed by atoms with E-state index in [1.807, 2.05) is 6.92 Å². The van der Waals surface area contributed by atoms with Gasteiger partial charge in [-0.1, -0.05) is 41.4 Å². The van der Waals surface area contributed by atoms with Gasteiger partial charge in [0.2, 0.25) is 0 Å². The summed E-state index contributed by atoms with van der Waals surface area (Å²) in [6.45, 7) is 3.31. The van der Waals surface area contributed by atoms with Crippen LogP contribution in [0.2, 0.25) is 10.0 Å².